The summed E-state index contributed by atoms with van der Waals surface area (Å²) in [7, 11) is 1.71. The molecule has 1 rings (SSSR count). The van der Waals surface area contributed by atoms with E-state index in [1.165, 1.54) is 0 Å². The summed E-state index contributed by atoms with van der Waals surface area (Å²) in [5.74, 6) is 6.60. The molecule has 3 N–H and O–H groups in total. The van der Waals surface area contributed by atoms with Gasteiger partial charge in [0, 0.05) is 20.1 Å². The summed E-state index contributed by atoms with van der Waals surface area (Å²) >= 11 is 0. The molecule has 2 atom stereocenters. The van der Waals surface area contributed by atoms with Crippen LogP contribution in [0, 0.1) is 0 Å². The van der Waals surface area contributed by atoms with E-state index in [4.69, 9.17) is 10.6 Å². The third-order valence-electron chi connectivity index (χ3n) is 3.62. The van der Waals surface area contributed by atoms with E-state index in [0.717, 1.165) is 25.2 Å². The number of hydrogen-bond acceptors (Lipinski definition) is 5. The van der Waals surface area contributed by atoms with E-state index in [1.54, 1.807) is 13.4 Å². The average molecular weight is 255 g/mol. The van der Waals surface area contributed by atoms with Crippen LogP contribution in [-0.4, -0.2) is 33.5 Å². The number of hydrazine groups is 1. The first kappa shape index (κ1) is 15.1. The van der Waals surface area contributed by atoms with Crippen molar-refractivity contribution in [1.29, 1.82) is 0 Å². The predicted octanol–water partition coefficient (Wildman–Crippen LogP) is 0.878. The maximum absolute atomic E-state index is 5.66. The van der Waals surface area contributed by atoms with Crippen LogP contribution in [0.25, 0.3) is 0 Å². The maximum atomic E-state index is 5.66. The Kier molecular flexibility index (Phi) is 5.71. The van der Waals surface area contributed by atoms with Crippen molar-refractivity contribution in [3.8, 4) is 0 Å². The van der Waals surface area contributed by atoms with Gasteiger partial charge in [-0.1, -0.05) is 13.8 Å². The van der Waals surface area contributed by atoms with E-state index in [9.17, 15) is 0 Å². The number of methoxy groups -OCH3 is 1. The van der Waals surface area contributed by atoms with Crippen LogP contribution in [0.3, 0.4) is 0 Å². The quantitative estimate of drug-likeness (QED) is 0.532. The summed E-state index contributed by atoms with van der Waals surface area (Å²) in [6.45, 7) is 7.14. The zero-order valence-corrected chi connectivity index (χ0v) is 11.8. The molecular formula is C12H25N5O. The molecule has 0 saturated heterocycles. The van der Waals surface area contributed by atoms with Crippen LogP contribution in [0.1, 0.15) is 39.4 Å². The van der Waals surface area contributed by atoms with Crippen LogP contribution in [0.15, 0.2) is 6.33 Å². The summed E-state index contributed by atoms with van der Waals surface area (Å²) < 4.78 is 7.52. The van der Waals surface area contributed by atoms with Gasteiger partial charge in [-0.25, -0.2) is 4.98 Å². The second-order valence-electron chi connectivity index (χ2n) is 4.69. The van der Waals surface area contributed by atoms with Gasteiger partial charge in [-0.05, 0) is 19.8 Å². The molecule has 0 aromatic carbocycles. The number of rotatable bonds is 8. The lowest BCUT2D eigenvalue weighted by molar-refractivity contribution is -0.0295. The highest BCUT2D eigenvalue weighted by atomic mass is 16.5. The van der Waals surface area contributed by atoms with Crippen molar-refractivity contribution in [3.63, 3.8) is 0 Å². The molecule has 18 heavy (non-hydrogen) atoms. The minimum atomic E-state index is -0.308. The first-order chi connectivity index (χ1) is 8.61. The Morgan fingerprint density at radius 2 is 2.28 bits per heavy atom. The summed E-state index contributed by atoms with van der Waals surface area (Å²) in [4.78, 5) is 4.31. The second-order valence-corrected chi connectivity index (χ2v) is 4.69. The van der Waals surface area contributed by atoms with E-state index in [-0.39, 0.29) is 11.6 Å². The Bertz CT molecular complexity index is 348. The number of aromatic nitrogens is 3. The Balaban J connectivity index is 2.82. The van der Waals surface area contributed by atoms with Gasteiger partial charge in [0.15, 0.2) is 0 Å². The molecule has 0 aliphatic carbocycles. The molecule has 1 aromatic heterocycles. The van der Waals surface area contributed by atoms with Crippen LogP contribution >= 0.6 is 0 Å². The van der Waals surface area contributed by atoms with Gasteiger partial charge in [0.2, 0.25) is 0 Å². The fourth-order valence-corrected chi connectivity index (χ4v) is 2.01. The van der Waals surface area contributed by atoms with Gasteiger partial charge >= 0.3 is 0 Å². The Labute approximate surface area is 109 Å². The molecule has 0 aliphatic rings. The molecule has 0 amide bonds. The number of nitrogens with two attached hydrogens (primary N) is 1. The summed E-state index contributed by atoms with van der Waals surface area (Å²) in [6.07, 6.45) is 4.20. The van der Waals surface area contributed by atoms with Gasteiger partial charge in [-0.15, -0.1) is 0 Å². The van der Waals surface area contributed by atoms with Crippen molar-refractivity contribution in [2.24, 2.45) is 5.84 Å². The van der Waals surface area contributed by atoms with E-state index in [1.807, 2.05) is 4.68 Å². The molecule has 0 aliphatic heterocycles. The van der Waals surface area contributed by atoms with Gasteiger partial charge in [-0.2, -0.15) is 5.10 Å². The smallest absolute Gasteiger partial charge is 0.138 e. The fourth-order valence-electron chi connectivity index (χ4n) is 2.01. The molecule has 0 radical (unpaired) electrons. The lowest BCUT2D eigenvalue weighted by Crippen LogP contribution is -2.54. The van der Waals surface area contributed by atoms with Crippen molar-refractivity contribution in [3.05, 3.63) is 12.2 Å². The second kappa shape index (κ2) is 6.82. The number of nitrogens with one attached hydrogen (secondary N) is 1. The third kappa shape index (κ3) is 3.28. The Morgan fingerprint density at radius 3 is 2.78 bits per heavy atom. The molecule has 0 spiro atoms. The zero-order chi connectivity index (χ0) is 13.6. The number of aryl methyl sites for hydroxylation is 1. The molecule has 0 saturated carbocycles. The van der Waals surface area contributed by atoms with Gasteiger partial charge in [0.25, 0.3) is 0 Å². The fraction of sp³-hybridized carbons (Fsp3) is 0.833. The maximum Gasteiger partial charge on any atom is 0.138 e. The van der Waals surface area contributed by atoms with Crippen molar-refractivity contribution >= 4 is 0 Å². The molecular weight excluding hydrogens is 230 g/mol. The van der Waals surface area contributed by atoms with Crippen molar-refractivity contribution in [1.82, 2.24) is 20.2 Å². The van der Waals surface area contributed by atoms with E-state index >= 15 is 0 Å². The minimum Gasteiger partial charge on any atom is -0.377 e. The van der Waals surface area contributed by atoms with E-state index in [0.29, 0.717) is 6.42 Å². The number of nitrogens with zero attached hydrogens (tertiary/aromatic N) is 3. The van der Waals surface area contributed by atoms with Crippen LogP contribution in [-0.2, 0) is 17.7 Å². The van der Waals surface area contributed by atoms with E-state index < -0.39 is 0 Å². The van der Waals surface area contributed by atoms with Crippen molar-refractivity contribution in [2.75, 3.05) is 7.11 Å². The molecule has 2 unspecified atom stereocenters. The van der Waals surface area contributed by atoms with Crippen molar-refractivity contribution in [2.45, 2.75) is 58.2 Å². The van der Waals surface area contributed by atoms with Gasteiger partial charge in [-0.3, -0.25) is 16.0 Å². The average Bonchev–Trinajstić information content (AvgIpc) is 2.83. The largest absolute Gasteiger partial charge is 0.377 e. The van der Waals surface area contributed by atoms with Crippen molar-refractivity contribution < 1.29 is 4.74 Å². The van der Waals surface area contributed by atoms with E-state index in [2.05, 4.69) is 36.3 Å². The molecule has 0 fully saturated rings. The molecule has 1 heterocycles. The molecule has 6 nitrogen and oxygen atoms in total. The number of ether oxygens (including phenoxy) is 1. The van der Waals surface area contributed by atoms with Gasteiger partial charge < -0.3 is 4.74 Å². The molecule has 1 aromatic rings. The van der Waals surface area contributed by atoms with Crippen LogP contribution in [0.2, 0.25) is 0 Å². The highest BCUT2D eigenvalue weighted by Crippen LogP contribution is 2.21. The molecule has 104 valence electrons. The standard InChI is InChI=1S/C12H25N5O/c1-5-7-17-11(14-9-15-17)8-10(16-13)12(3,6-2)18-4/h9-10,16H,5-8,13H2,1-4H3. The minimum absolute atomic E-state index is 0.00676. The van der Waals surface area contributed by atoms with Gasteiger partial charge in [0.1, 0.15) is 12.2 Å². The number of hydrogen-bond donors (Lipinski definition) is 2. The topological polar surface area (TPSA) is 78.0 Å². The summed E-state index contributed by atoms with van der Waals surface area (Å²) in [5, 5.41) is 4.22. The van der Waals surface area contributed by atoms with Crippen LogP contribution in [0.4, 0.5) is 0 Å². The first-order valence-corrected chi connectivity index (χ1v) is 6.49. The summed E-state index contributed by atoms with van der Waals surface area (Å²) in [5.41, 5.74) is 2.54. The van der Waals surface area contributed by atoms with Gasteiger partial charge in [0.05, 0.1) is 11.6 Å². The first-order valence-electron chi connectivity index (χ1n) is 6.49. The Hall–Kier alpha value is -0.980. The lowest BCUT2D eigenvalue weighted by atomic mass is 9.91. The lowest BCUT2D eigenvalue weighted by Gasteiger charge is -2.35. The van der Waals surface area contributed by atoms with Crippen LogP contribution in [0.5, 0.6) is 0 Å². The molecule has 0 bridgehead atoms. The van der Waals surface area contributed by atoms with Crippen LogP contribution < -0.4 is 11.3 Å². The summed E-state index contributed by atoms with van der Waals surface area (Å²) in [6, 6.07) is 0.00676. The molecule has 6 heteroatoms. The highest BCUT2D eigenvalue weighted by molar-refractivity contribution is 4.97. The monoisotopic (exact) mass is 255 g/mol. The zero-order valence-electron chi connectivity index (χ0n) is 11.8. The SMILES string of the molecule is CCCn1ncnc1CC(NN)C(C)(CC)OC. The predicted molar refractivity (Wildman–Crippen MR) is 70.8 cm³/mol. The highest BCUT2D eigenvalue weighted by Gasteiger charge is 2.33. The third-order valence-corrected chi connectivity index (χ3v) is 3.62. The normalized spacial score (nSPS) is 16.5. The Morgan fingerprint density at radius 1 is 1.56 bits per heavy atom.